The lowest BCUT2D eigenvalue weighted by Gasteiger charge is -2.65. The van der Waals surface area contributed by atoms with E-state index in [1.54, 1.807) is 0 Å². The predicted molar refractivity (Wildman–Crippen MR) is 163 cm³/mol. The largest absolute Gasteiger partial charge is 0.507 e. The van der Waals surface area contributed by atoms with E-state index in [0.717, 1.165) is 5.57 Å². The Labute approximate surface area is 263 Å². The summed E-state index contributed by atoms with van der Waals surface area (Å²) in [6.07, 6.45) is 2.40. The summed E-state index contributed by atoms with van der Waals surface area (Å²) in [5.74, 6) is -3.23. The molecule has 0 radical (unpaired) electrons. The third-order valence-electron chi connectivity index (χ3n) is 11.5. The molecular weight excluding hydrogens is 580 g/mol. The molecule has 0 amide bonds. The number of hydrogen-bond donors (Lipinski definition) is 2. The number of ether oxygens (including phenoxy) is 5. The molecule has 1 saturated heterocycles. The van der Waals surface area contributed by atoms with Gasteiger partial charge in [0.15, 0.2) is 22.6 Å². The number of carboxylic acid groups (broad SMARTS) is 1. The number of aromatic hydroxyl groups is 1. The number of carbonyl (C=O) groups is 3. The van der Waals surface area contributed by atoms with Crippen molar-refractivity contribution in [3.8, 4) is 17.2 Å². The Hall–Kier alpha value is -3.21. The van der Waals surface area contributed by atoms with Crippen molar-refractivity contribution in [2.24, 2.45) is 11.8 Å². The van der Waals surface area contributed by atoms with Crippen molar-refractivity contribution in [2.45, 2.75) is 115 Å². The van der Waals surface area contributed by atoms with E-state index in [-0.39, 0.29) is 41.6 Å². The summed E-state index contributed by atoms with van der Waals surface area (Å²) < 4.78 is 32.5. The highest BCUT2D eigenvalue weighted by Crippen LogP contribution is 2.72. The first-order valence-electron chi connectivity index (χ1n) is 15.6. The molecule has 3 saturated carbocycles. The van der Waals surface area contributed by atoms with Crippen LogP contribution in [0.15, 0.2) is 23.3 Å². The number of rotatable bonds is 7. The molecule has 4 bridgehead atoms. The number of phenolic OH excluding ortho intramolecular Hbond substituents is 1. The Balaban J connectivity index is 1.72. The molecule has 3 aliphatic carbocycles. The number of ketones is 2. The summed E-state index contributed by atoms with van der Waals surface area (Å²) in [5.41, 5.74) is -4.33. The Morgan fingerprint density at radius 2 is 1.73 bits per heavy atom. The average Bonchev–Trinajstić information content (AvgIpc) is 3.28. The fourth-order valence-electron chi connectivity index (χ4n) is 8.95. The van der Waals surface area contributed by atoms with E-state index in [2.05, 4.69) is 0 Å². The number of benzene rings is 1. The molecule has 2 N–H and O–H groups in total. The maximum absolute atomic E-state index is 15.2. The van der Waals surface area contributed by atoms with Gasteiger partial charge in [-0.2, -0.15) is 0 Å². The molecule has 3 heterocycles. The number of allylic oxidation sites excluding steroid dienone is 2. The summed E-state index contributed by atoms with van der Waals surface area (Å²) in [7, 11) is 2.86. The standard InChI is InChI=1S/C35H44O10/c1-16(2)11-12-19-24(36)21-25(37)22-28(41-9)33(42-10)15-20-32(7,8)45-34(30(33)40,14-13-17(3)29(38)39)35(20,22)44-27(21)23-26(19)43-18(4)31(23,5)6/h11,13,18,20,22,28,36H,12,14-15H2,1-10H3,(H,38,39). The molecule has 1 aromatic rings. The Morgan fingerprint density at radius 3 is 2.31 bits per heavy atom. The van der Waals surface area contributed by atoms with Gasteiger partial charge in [0.1, 0.15) is 35.0 Å². The van der Waals surface area contributed by atoms with E-state index in [0.29, 0.717) is 23.3 Å². The topological polar surface area (TPSA) is 138 Å². The Kier molecular flexibility index (Phi) is 6.81. The summed E-state index contributed by atoms with van der Waals surface area (Å²) in [4.78, 5) is 42.0. The van der Waals surface area contributed by atoms with Crippen LogP contribution < -0.4 is 9.47 Å². The van der Waals surface area contributed by atoms with Crippen molar-refractivity contribution in [3.63, 3.8) is 0 Å². The zero-order valence-electron chi connectivity index (χ0n) is 27.7. The van der Waals surface area contributed by atoms with Crippen molar-refractivity contribution in [1.82, 2.24) is 0 Å². The van der Waals surface area contributed by atoms with Crippen molar-refractivity contribution < 1.29 is 48.3 Å². The average molecular weight is 625 g/mol. The lowest BCUT2D eigenvalue weighted by Crippen LogP contribution is -2.86. The van der Waals surface area contributed by atoms with Crippen LogP contribution in [0.3, 0.4) is 0 Å². The highest BCUT2D eigenvalue weighted by Gasteiger charge is 2.90. The number of carboxylic acids is 1. The van der Waals surface area contributed by atoms with Crippen molar-refractivity contribution >= 4 is 17.5 Å². The molecule has 0 aromatic heterocycles. The van der Waals surface area contributed by atoms with E-state index >= 15 is 4.79 Å². The van der Waals surface area contributed by atoms with Gasteiger partial charge in [-0.1, -0.05) is 31.6 Å². The summed E-state index contributed by atoms with van der Waals surface area (Å²) in [6.45, 7) is 15.0. The fraction of sp³-hybridized carbons (Fsp3) is 0.629. The monoisotopic (exact) mass is 624 g/mol. The van der Waals surface area contributed by atoms with Gasteiger partial charge in [0, 0.05) is 48.7 Å². The second-order valence-electron chi connectivity index (χ2n) is 14.7. The van der Waals surface area contributed by atoms with E-state index in [4.69, 9.17) is 23.7 Å². The van der Waals surface area contributed by atoms with Gasteiger partial charge >= 0.3 is 5.97 Å². The third-order valence-corrected chi connectivity index (χ3v) is 11.5. The van der Waals surface area contributed by atoms with Gasteiger partial charge in [-0.25, -0.2) is 4.79 Å². The second-order valence-corrected chi connectivity index (χ2v) is 14.7. The van der Waals surface area contributed by atoms with Crippen LogP contribution >= 0.6 is 0 Å². The first kappa shape index (κ1) is 31.8. The molecule has 244 valence electrons. The lowest BCUT2D eigenvalue weighted by molar-refractivity contribution is -0.267. The van der Waals surface area contributed by atoms with E-state index in [1.807, 2.05) is 54.5 Å². The molecule has 45 heavy (non-hydrogen) atoms. The van der Waals surface area contributed by atoms with Crippen LogP contribution in [0, 0.1) is 11.8 Å². The highest BCUT2D eigenvalue weighted by molar-refractivity contribution is 6.11. The van der Waals surface area contributed by atoms with Gasteiger partial charge in [0.25, 0.3) is 0 Å². The summed E-state index contributed by atoms with van der Waals surface area (Å²) >= 11 is 0. The summed E-state index contributed by atoms with van der Waals surface area (Å²) in [5, 5.41) is 21.6. The Bertz CT molecular complexity index is 1600. The van der Waals surface area contributed by atoms with Crippen LogP contribution in [-0.4, -0.2) is 76.6 Å². The van der Waals surface area contributed by atoms with Gasteiger partial charge in [-0.3, -0.25) is 9.59 Å². The van der Waals surface area contributed by atoms with E-state index in [9.17, 15) is 19.8 Å². The normalized spacial score (nSPS) is 36.5. The molecule has 1 spiro atoms. The zero-order valence-corrected chi connectivity index (χ0v) is 27.7. The molecule has 10 heteroatoms. The first-order chi connectivity index (χ1) is 20.9. The molecule has 7 atom stereocenters. The van der Waals surface area contributed by atoms with Gasteiger partial charge in [0.05, 0.1) is 11.5 Å². The minimum absolute atomic E-state index is 0.0273. The summed E-state index contributed by atoms with van der Waals surface area (Å²) in [6, 6.07) is 0. The SMILES string of the molecule is COC1C2C(=O)c3c(O)c(CC=C(C)C)c4c(c3OC23C2CC1(OC)C(=O)C3(CC=C(C)C(=O)O)OC2(C)C)C(C)(C)C(C)O4. The minimum Gasteiger partial charge on any atom is -0.507 e. The number of phenols is 1. The van der Waals surface area contributed by atoms with Crippen molar-refractivity contribution in [2.75, 3.05) is 14.2 Å². The maximum atomic E-state index is 15.2. The van der Waals surface area contributed by atoms with E-state index in [1.165, 1.54) is 27.2 Å². The van der Waals surface area contributed by atoms with Gasteiger partial charge in [-0.15, -0.1) is 0 Å². The van der Waals surface area contributed by atoms with E-state index < -0.39 is 63.3 Å². The van der Waals surface area contributed by atoms with Crippen LogP contribution in [-0.2, 0) is 35.6 Å². The number of hydrogen-bond acceptors (Lipinski definition) is 9. The van der Waals surface area contributed by atoms with Crippen LogP contribution in [0.5, 0.6) is 17.2 Å². The molecule has 10 nitrogen and oxygen atoms in total. The van der Waals surface area contributed by atoms with Crippen molar-refractivity contribution in [3.05, 3.63) is 40.0 Å². The number of carbonyl (C=O) groups excluding carboxylic acids is 2. The minimum atomic E-state index is -1.79. The molecule has 7 rings (SSSR count). The fourth-order valence-corrected chi connectivity index (χ4v) is 8.95. The van der Waals surface area contributed by atoms with Crippen LogP contribution in [0.1, 0.15) is 89.7 Å². The van der Waals surface area contributed by atoms with Gasteiger partial charge in [0.2, 0.25) is 5.78 Å². The Morgan fingerprint density at radius 1 is 1.07 bits per heavy atom. The predicted octanol–water partition coefficient (Wildman–Crippen LogP) is 4.86. The molecular formula is C35H44O10. The first-order valence-corrected chi connectivity index (χ1v) is 15.6. The van der Waals surface area contributed by atoms with Crippen LogP contribution in [0.25, 0.3) is 0 Å². The molecule has 7 unspecified atom stereocenters. The lowest BCUT2D eigenvalue weighted by atomic mass is 9.44. The van der Waals surface area contributed by atoms with Crippen LogP contribution in [0.2, 0.25) is 0 Å². The zero-order chi connectivity index (χ0) is 33.2. The second kappa shape index (κ2) is 9.65. The number of fused-ring (bicyclic) bond motifs is 3. The smallest absolute Gasteiger partial charge is 0.330 e. The quantitative estimate of drug-likeness (QED) is 0.320. The number of aliphatic carboxylic acids is 1. The van der Waals surface area contributed by atoms with Gasteiger partial charge < -0.3 is 33.9 Å². The molecule has 4 fully saturated rings. The van der Waals surface area contributed by atoms with Gasteiger partial charge in [-0.05, 0) is 54.4 Å². The molecule has 3 aliphatic heterocycles. The van der Waals surface area contributed by atoms with Crippen molar-refractivity contribution in [1.29, 1.82) is 0 Å². The molecule has 1 aromatic carbocycles. The highest BCUT2D eigenvalue weighted by atomic mass is 16.6. The number of Topliss-reactive ketones (excluding diaryl/α,β-unsaturated/α-hetero) is 2. The number of methoxy groups -OCH3 is 2. The molecule has 6 aliphatic rings. The van der Waals surface area contributed by atoms with Crippen LogP contribution in [0.4, 0.5) is 0 Å². The maximum Gasteiger partial charge on any atom is 0.330 e. The third kappa shape index (κ3) is 3.64.